The van der Waals surface area contributed by atoms with Gasteiger partial charge in [0.15, 0.2) is 0 Å². The largest absolute Gasteiger partial charge is 0.344 e. The number of rotatable bonds is 1. The summed E-state index contributed by atoms with van der Waals surface area (Å²) in [5.41, 5.74) is 0. The molecule has 0 aromatic carbocycles. The van der Waals surface area contributed by atoms with Crippen molar-refractivity contribution in [3.8, 4) is 0 Å². The maximum atomic E-state index is 7.50. The molecule has 0 rings (SSSR count). The van der Waals surface area contributed by atoms with Gasteiger partial charge in [-0.15, -0.1) is 0 Å². The van der Waals surface area contributed by atoms with Crippen LogP contribution >= 0.6 is 22.1 Å². The molecule has 0 bridgehead atoms. The Hall–Kier alpha value is 0.580. The van der Waals surface area contributed by atoms with Crippen LogP contribution in [-0.2, 0) is 0 Å². The minimum atomic E-state index is 0. The Morgan fingerprint density at radius 2 is 1.20 bits per heavy atom. The Balaban J connectivity index is 0. The van der Waals surface area contributed by atoms with Crippen LogP contribution in [0.4, 0.5) is 0 Å². The van der Waals surface area contributed by atoms with E-state index in [1.165, 1.54) is 0 Å². The topological polar surface area (TPSA) is 75.5 Å². The highest BCUT2D eigenvalue weighted by molar-refractivity contribution is 8.72. The molecule has 34 valence electrons. The summed E-state index contributed by atoms with van der Waals surface area (Å²) in [5.74, 6) is 0. The second kappa shape index (κ2) is 8.82. The summed E-state index contributed by atoms with van der Waals surface area (Å²) in [6, 6.07) is 0. The summed E-state index contributed by atoms with van der Waals surface area (Å²) in [6.45, 7) is 0. The Bertz CT molecular complexity index is 9.61. The summed E-state index contributed by atoms with van der Waals surface area (Å²) < 4.78 is 15.0. The van der Waals surface area contributed by atoms with E-state index in [9.17, 15) is 0 Å². The van der Waals surface area contributed by atoms with Crippen molar-refractivity contribution in [3.05, 3.63) is 0 Å². The zero-order valence-electron chi connectivity index (χ0n) is 2.42. The number of hydrogen-bond donors (Lipinski definition) is 3. The predicted molar refractivity (Wildman–Crippen MR) is 25.5 cm³/mol. The van der Waals surface area contributed by atoms with Crippen LogP contribution in [0.5, 0.6) is 0 Å². The lowest BCUT2D eigenvalue weighted by Crippen LogP contribution is -1.32. The lowest BCUT2D eigenvalue weighted by atomic mass is 14.0. The molecule has 0 saturated carbocycles. The summed E-state index contributed by atoms with van der Waals surface area (Å²) in [4.78, 5) is 0. The molecule has 5 N–H and O–H groups in total. The molecule has 0 fully saturated rings. The Morgan fingerprint density at radius 1 is 1.00 bits per heavy atom. The zero-order chi connectivity index (χ0) is 3.41. The van der Waals surface area contributed by atoms with Crippen LogP contribution in [0, 0.1) is 0 Å². The van der Waals surface area contributed by atoms with E-state index in [0.717, 1.165) is 0 Å². The van der Waals surface area contributed by atoms with Crippen molar-refractivity contribution in [2.75, 3.05) is 0 Å². The van der Waals surface area contributed by atoms with Crippen molar-refractivity contribution in [3.63, 3.8) is 0 Å². The fourth-order valence-electron chi connectivity index (χ4n) is 0. The maximum Gasteiger partial charge on any atom is 0.0894 e. The van der Waals surface area contributed by atoms with E-state index in [0.29, 0.717) is 22.1 Å². The first-order valence-corrected chi connectivity index (χ1v) is 2.60. The SMILES string of the molecule is N.OSSO. The summed E-state index contributed by atoms with van der Waals surface area (Å²) in [5, 5.41) is 0. The van der Waals surface area contributed by atoms with Gasteiger partial charge < -0.3 is 15.3 Å². The third-order valence-corrected chi connectivity index (χ3v) is 0.300. The average molecular weight is 115 g/mol. The summed E-state index contributed by atoms with van der Waals surface area (Å²) in [7, 11) is 0. The van der Waals surface area contributed by atoms with Gasteiger partial charge in [0.2, 0.25) is 0 Å². The van der Waals surface area contributed by atoms with Gasteiger partial charge in [0.05, 0.1) is 22.1 Å². The minimum absolute atomic E-state index is 0. The first-order valence-electron chi connectivity index (χ1n) is 0.532. The van der Waals surface area contributed by atoms with Gasteiger partial charge in [-0.2, -0.15) is 0 Å². The van der Waals surface area contributed by atoms with Gasteiger partial charge in [-0.3, -0.25) is 0 Å². The van der Waals surface area contributed by atoms with Crippen LogP contribution in [0.1, 0.15) is 0 Å². The first-order chi connectivity index (χ1) is 1.91. The normalized spacial score (nSPS) is 6.00. The molecular formula is H5NO2S2. The first kappa shape index (κ1) is 9.13. The molecule has 0 aliphatic rings. The van der Waals surface area contributed by atoms with E-state index >= 15 is 0 Å². The van der Waals surface area contributed by atoms with Gasteiger partial charge in [0.25, 0.3) is 0 Å². The van der Waals surface area contributed by atoms with Gasteiger partial charge in [0, 0.05) is 0 Å². The van der Waals surface area contributed by atoms with Crippen LogP contribution in [0.3, 0.4) is 0 Å². The zero-order valence-corrected chi connectivity index (χ0v) is 4.05. The number of hydrogen-bond acceptors (Lipinski definition) is 5. The average Bonchev–Trinajstić information content (AvgIpc) is 1.37. The third kappa shape index (κ3) is 12.2. The molecule has 0 amide bonds. The van der Waals surface area contributed by atoms with Crippen LogP contribution in [0.2, 0.25) is 0 Å². The fraction of sp³-hybridized carbons (Fsp3) is 0. The van der Waals surface area contributed by atoms with Crippen LogP contribution in [0.15, 0.2) is 0 Å². The fourth-order valence-corrected chi connectivity index (χ4v) is 0. The van der Waals surface area contributed by atoms with Crippen LogP contribution < -0.4 is 6.15 Å². The molecule has 0 atom stereocenters. The highest BCUT2D eigenvalue weighted by Crippen LogP contribution is 2.07. The molecule has 0 unspecified atom stereocenters. The smallest absolute Gasteiger partial charge is 0.0894 e. The molecule has 0 aromatic rings. The molecule has 0 aromatic heterocycles. The van der Waals surface area contributed by atoms with Crippen molar-refractivity contribution in [2.45, 2.75) is 0 Å². The van der Waals surface area contributed by atoms with E-state index < -0.39 is 0 Å². The van der Waals surface area contributed by atoms with Crippen molar-refractivity contribution in [1.82, 2.24) is 6.15 Å². The van der Waals surface area contributed by atoms with E-state index in [1.54, 1.807) is 0 Å². The van der Waals surface area contributed by atoms with Crippen molar-refractivity contribution >= 4 is 22.1 Å². The van der Waals surface area contributed by atoms with Gasteiger partial charge in [0.1, 0.15) is 0 Å². The molecule has 0 aliphatic heterocycles. The molecule has 5 heavy (non-hydrogen) atoms. The minimum Gasteiger partial charge on any atom is -0.344 e. The molecule has 3 nitrogen and oxygen atoms in total. The van der Waals surface area contributed by atoms with Crippen LogP contribution in [-0.4, -0.2) is 9.11 Å². The monoisotopic (exact) mass is 115 g/mol. The lowest BCUT2D eigenvalue weighted by molar-refractivity contribution is 0.655. The van der Waals surface area contributed by atoms with Gasteiger partial charge in [-0.25, -0.2) is 0 Å². The molecular weight excluding hydrogens is 110 g/mol. The summed E-state index contributed by atoms with van der Waals surface area (Å²) >= 11 is 0.657. The standard InChI is InChI=1S/H3N.H2O2S2/c;1-3-4-2/h1H3;1-2H. The van der Waals surface area contributed by atoms with E-state index in [4.69, 9.17) is 9.11 Å². The van der Waals surface area contributed by atoms with E-state index in [-0.39, 0.29) is 6.15 Å². The maximum absolute atomic E-state index is 7.50. The van der Waals surface area contributed by atoms with E-state index in [1.807, 2.05) is 0 Å². The molecule has 0 saturated heterocycles. The molecule has 0 aliphatic carbocycles. The van der Waals surface area contributed by atoms with Gasteiger partial charge in [-0.1, -0.05) is 0 Å². The molecule has 0 heterocycles. The molecule has 0 spiro atoms. The highest BCUT2D eigenvalue weighted by atomic mass is 33.1. The van der Waals surface area contributed by atoms with Crippen LogP contribution in [0.25, 0.3) is 0 Å². The van der Waals surface area contributed by atoms with Gasteiger partial charge >= 0.3 is 0 Å². The predicted octanol–water partition coefficient (Wildman–Crippen LogP) is 1.48. The Kier molecular flexibility index (Phi) is 16.1. The van der Waals surface area contributed by atoms with Crippen molar-refractivity contribution in [2.24, 2.45) is 0 Å². The second-order valence-electron chi connectivity index (χ2n) is 0.149. The molecule has 5 heteroatoms. The van der Waals surface area contributed by atoms with Crippen molar-refractivity contribution < 1.29 is 9.11 Å². The lowest BCUT2D eigenvalue weighted by Gasteiger charge is -1.66. The van der Waals surface area contributed by atoms with Crippen molar-refractivity contribution in [1.29, 1.82) is 0 Å². The molecule has 0 radical (unpaired) electrons. The quantitative estimate of drug-likeness (QED) is 0.356. The van der Waals surface area contributed by atoms with E-state index in [2.05, 4.69) is 0 Å². The Morgan fingerprint density at radius 3 is 1.20 bits per heavy atom. The van der Waals surface area contributed by atoms with Gasteiger partial charge in [-0.05, 0) is 0 Å². The second-order valence-corrected chi connectivity index (χ2v) is 1.34. The Labute approximate surface area is 38.2 Å². The highest BCUT2D eigenvalue weighted by Gasteiger charge is 1.61. The summed E-state index contributed by atoms with van der Waals surface area (Å²) in [6.07, 6.45) is 0. The third-order valence-electron chi connectivity index (χ3n) is 0.0333.